The highest BCUT2D eigenvalue weighted by atomic mass is 16.2. The van der Waals surface area contributed by atoms with Gasteiger partial charge in [-0.15, -0.1) is 0 Å². The van der Waals surface area contributed by atoms with Crippen LogP contribution in [0.15, 0.2) is 18.3 Å². The fourth-order valence-corrected chi connectivity index (χ4v) is 2.12. The molecule has 4 heteroatoms. The first-order valence-electron chi connectivity index (χ1n) is 7.11. The molecule has 0 atom stereocenters. The highest BCUT2D eigenvalue weighted by Gasteiger charge is 2.18. The van der Waals surface area contributed by atoms with E-state index >= 15 is 0 Å². The van der Waals surface area contributed by atoms with Crippen molar-refractivity contribution in [1.29, 1.82) is 0 Å². The minimum absolute atomic E-state index is 0.0654. The molecular formula is C15H25N3O. The van der Waals surface area contributed by atoms with E-state index in [0.29, 0.717) is 11.6 Å². The molecule has 1 rings (SSSR count). The Bertz CT molecular complexity index is 402. The predicted molar refractivity (Wildman–Crippen MR) is 79.5 cm³/mol. The van der Waals surface area contributed by atoms with Crippen LogP contribution in [-0.2, 0) is 0 Å². The van der Waals surface area contributed by atoms with Crippen molar-refractivity contribution in [2.75, 3.05) is 18.9 Å². The minimum Gasteiger partial charge on any atom is -0.370 e. The maximum atomic E-state index is 12.4. The zero-order chi connectivity index (χ0) is 14.3. The number of carbonyl (C=O) groups is 1. The van der Waals surface area contributed by atoms with E-state index in [2.05, 4.69) is 31.1 Å². The lowest BCUT2D eigenvalue weighted by atomic mass is 10.1. The monoisotopic (exact) mass is 263 g/mol. The van der Waals surface area contributed by atoms with E-state index in [1.807, 2.05) is 18.0 Å². The maximum absolute atomic E-state index is 12.4. The second-order valence-electron chi connectivity index (χ2n) is 4.74. The van der Waals surface area contributed by atoms with Gasteiger partial charge in [-0.3, -0.25) is 4.79 Å². The molecule has 0 aliphatic heterocycles. The van der Waals surface area contributed by atoms with E-state index in [1.165, 1.54) is 0 Å². The summed E-state index contributed by atoms with van der Waals surface area (Å²) in [5, 5.41) is 3.20. The second-order valence-corrected chi connectivity index (χ2v) is 4.74. The molecule has 0 radical (unpaired) electrons. The van der Waals surface area contributed by atoms with Crippen molar-refractivity contribution in [2.24, 2.45) is 0 Å². The minimum atomic E-state index is 0.0654. The number of hydrogen-bond donors (Lipinski definition) is 1. The van der Waals surface area contributed by atoms with Crippen molar-refractivity contribution in [3.63, 3.8) is 0 Å². The number of aromatic nitrogens is 1. The molecular weight excluding hydrogens is 238 g/mol. The van der Waals surface area contributed by atoms with Crippen LogP contribution in [0.4, 0.5) is 5.82 Å². The van der Waals surface area contributed by atoms with E-state index in [0.717, 1.165) is 31.6 Å². The molecule has 0 aliphatic carbocycles. The molecule has 0 spiro atoms. The van der Waals surface area contributed by atoms with Gasteiger partial charge in [-0.05, 0) is 31.4 Å². The van der Waals surface area contributed by atoms with E-state index in [9.17, 15) is 4.79 Å². The summed E-state index contributed by atoms with van der Waals surface area (Å²) in [7, 11) is 1.87. The van der Waals surface area contributed by atoms with Crippen LogP contribution in [0, 0.1) is 0 Å². The number of hydrogen-bond acceptors (Lipinski definition) is 3. The Hall–Kier alpha value is -1.58. The average Bonchev–Trinajstić information content (AvgIpc) is 2.45. The van der Waals surface area contributed by atoms with Gasteiger partial charge in [0.25, 0.3) is 5.91 Å². The third-order valence-corrected chi connectivity index (χ3v) is 3.37. The molecule has 0 unspecified atom stereocenters. The van der Waals surface area contributed by atoms with Crippen molar-refractivity contribution in [2.45, 2.75) is 46.1 Å². The molecule has 1 aromatic heterocycles. The van der Waals surface area contributed by atoms with Crippen molar-refractivity contribution in [1.82, 2.24) is 9.88 Å². The van der Waals surface area contributed by atoms with Crippen molar-refractivity contribution < 1.29 is 4.79 Å². The van der Waals surface area contributed by atoms with Crippen molar-refractivity contribution in [3.8, 4) is 0 Å². The van der Waals surface area contributed by atoms with Crippen LogP contribution in [0.2, 0.25) is 0 Å². The number of rotatable bonds is 7. The summed E-state index contributed by atoms with van der Waals surface area (Å²) in [6.07, 6.45) is 4.68. The lowest BCUT2D eigenvalue weighted by Gasteiger charge is -2.26. The molecule has 0 aliphatic rings. The highest BCUT2D eigenvalue weighted by molar-refractivity contribution is 5.94. The Morgan fingerprint density at radius 1 is 1.37 bits per heavy atom. The predicted octanol–water partition coefficient (Wildman–Crippen LogP) is 3.16. The van der Waals surface area contributed by atoms with Crippen molar-refractivity contribution >= 4 is 11.7 Å². The summed E-state index contributed by atoms with van der Waals surface area (Å²) in [4.78, 5) is 18.5. The van der Waals surface area contributed by atoms with Crippen molar-refractivity contribution in [3.05, 3.63) is 23.9 Å². The third-order valence-electron chi connectivity index (χ3n) is 3.37. The van der Waals surface area contributed by atoms with Gasteiger partial charge in [-0.2, -0.15) is 0 Å². The van der Waals surface area contributed by atoms with Crippen LogP contribution in [0.3, 0.4) is 0 Å². The topological polar surface area (TPSA) is 45.2 Å². The number of anilines is 1. The fraction of sp³-hybridized carbons (Fsp3) is 0.600. The molecule has 0 saturated heterocycles. The van der Waals surface area contributed by atoms with Crippen LogP contribution in [-0.4, -0.2) is 35.4 Å². The number of nitrogens with one attached hydrogen (secondary N) is 1. The highest BCUT2D eigenvalue weighted by Crippen LogP contribution is 2.13. The molecule has 0 aromatic carbocycles. The Balaban J connectivity index is 2.81. The average molecular weight is 263 g/mol. The number of amides is 1. The summed E-state index contributed by atoms with van der Waals surface area (Å²) in [5.41, 5.74) is 0.697. The van der Waals surface area contributed by atoms with Crippen LogP contribution in [0.1, 0.15) is 50.4 Å². The van der Waals surface area contributed by atoms with E-state index in [4.69, 9.17) is 0 Å². The molecule has 1 aromatic rings. The van der Waals surface area contributed by atoms with Crippen LogP contribution < -0.4 is 5.32 Å². The van der Waals surface area contributed by atoms with Crippen LogP contribution >= 0.6 is 0 Å². The molecule has 1 heterocycles. The molecule has 0 fully saturated rings. The first-order valence-corrected chi connectivity index (χ1v) is 7.11. The lowest BCUT2D eigenvalue weighted by Crippen LogP contribution is -2.36. The summed E-state index contributed by atoms with van der Waals surface area (Å²) >= 11 is 0. The van der Waals surface area contributed by atoms with Crippen LogP contribution in [0.25, 0.3) is 0 Å². The molecule has 4 nitrogen and oxygen atoms in total. The zero-order valence-corrected chi connectivity index (χ0v) is 12.4. The largest absolute Gasteiger partial charge is 0.370 e. The van der Waals surface area contributed by atoms with Gasteiger partial charge in [0.2, 0.25) is 0 Å². The summed E-state index contributed by atoms with van der Waals surface area (Å²) < 4.78 is 0. The Morgan fingerprint density at radius 3 is 2.63 bits per heavy atom. The molecule has 19 heavy (non-hydrogen) atoms. The summed E-state index contributed by atoms with van der Waals surface area (Å²) in [5.74, 6) is 0.835. The van der Waals surface area contributed by atoms with E-state index in [-0.39, 0.29) is 5.91 Å². The first kappa shape index (κ1) is 15.5. The fourth-order valence-electron chi connectivity index (χ4n) is 2.12. The standard InChI is InChI=1S/C15H25N3O/c1-5-9-16-14-11-12(8-10-17-14)15(19)18(4)13(6-2)7-3/h8,10-11,13H,5-7,9H2,1-4H3,(H,16,17). The smallest absolute Gasteiger partial charge is 0.254 e. The quantitative estimate of drug-likeness (QED) is 0.822. The van der Waals surface area contributed by atoms with Gasteiger partial charge >= 0.3 is 0 Å². The maximum Gasteiger partial charge on any atom is 0.254 e. The van der Waals surface area contributed by atoms with Gasteiger partial charge < -0.3 is 10.2 Å². The molecule has 1 amide bonds. The molecule has 106 valence electrons. The third kappa shape index (κ3) is 4.23. The van der Waals surface area contributed by atoms with Gasteiger partial charge in [0, 0.05) is 31.4 Å². The number of pyridine rings is 1. The van der Waals surface area contributed by atoms with E-state index in [1.54, 1.807) is 12.3 Å². The first-order chi connectivity index (χ1) is 9.13. The zero-order valence-electron chi connectivity index (χ0n) is 12.4. The van der Waals surface area contributed by atoms with Gasteiger partial charge in [0.1, 0.15) is 5.82 Å². The summed E-state index contributed by atoms with van der Waals surface area (Å²) in [6.45, 7) is 7.19. The second kappa shape index (κ2) is 7.77. The lowest BCUT2D eigenvalue weighted by molar-refractivity contribution is 0.0723. The summed E-state index contributed by atoms with van der Waals surface area (Å²) in [6, 6.07) is 3.91. The van der Waals surface area contributed by atoms with Gasteiger partial charge in [0.05, 0.1) is 0 Å². The number of nitrogens with zero attached hydrogens (tertiary/aromatic N) is 2. The normalized spacial score (nSPS) is 10.6. The molecule has 0 saturated carbocycles. The Morgan fingerprint density at radius 2 is 2.05 bits per heavy atom. The van der Waals surface area contributed by atoms with Gasteiger partial charge in [-0.25, -0.2) is 4.98 Å². The van der Waals surface area contributed by atoms with Gasteiger partial charge in [-0.1, -0.05) is 20.8 Å². The van der Waals surface area contributed by atoms with Crippen LogP contribution in [0.5, 0.6) is 0 Å². The van der Waals surface area contributed by atoms with E-state index < -0.39 is 0 Å². The molecule has 0 bridgehead atoms. The SMILES string of the molecule is CCCNc1cc(C(=O)N(C)C(CC)CC)ccn1. The number of carbonyl (C=O) groups excluding carboxylic acids is 1. The Kier molecular flexibility index (Phi) is 6.33. The van der Waals surface area contributed by atoms with Gasteiger partial charge in [0.15, 0.2) is 0 Å². The Labute approximate surface area is 116 Å². The molecule has 1 N–H and O–H groups in total.